The second kappa shape index (κ2) is 6.31. The molecule has 1 aliphatic carbocycles. The van der Waals surface area contributed by atoms with Gasteiger partial charge in [-0.25, -0.2) is 0 Å². The third-order valence-corrected chi connectivity index (χ3v) is 6.54. The number of hydrogen-bond donors (Lipinski definition) is 0. The first-order valence-corrected chi connectivity index (χ1v) is 8.94. The molecule has 2 fully saturated rings. The first kappa shape index (κ1) is 17.1. The summed E-state index contributed by atoms with van der Waals surface area (Å²) in [6.45, 7) is 3.23. The van der Waals surface area contributed by atoms with Crippen LogP contribution in [0.3, 0.4) is 0 Å². The van der Waals surface area contributed by atoms with E-state index < -0.39 is 9.75 Å². The highest BCUT2D eigenvalue weighted by molar-refractivity contribution is 6.52. The molecule has 1 aromatic rings. The number of alkyl halides is 2. The Morgan fingerprint density at radius 2 is 1.86 bits per heavy atom. The van der Waals surface area contributed by atoms with Crippen LogP contribution < -0.4 is 0 Å². The first-order valence-electron chi connectivity index (χ1n) is 7.43. The fourth-order valence-electron chi connectivity index (χ4n) is 3.18. The Balaban J connectivity index is 1.72. The van der Waals surface area contributed by atoms with Gasteiger partial charge in [0.05, 0.1) is 6.61 Å². The van der Waals surface area contributed by atoms with E-state index in [0.717, 1.165) is 31.4 Å². The zero-order valence-corrected chi connectivity index (χ0v) is 15.3. The molecule has 6 heteroatoms. The zero-order chi connectivity index (χ0) is 16.0. The highest BCUT2D eigenvalue weighted by Crippen LogP contribution is 2.69. The molecule has 0 spiro atoms. The Bertz CT molecular complexity index is 537. The summed E-state index contributed by atoms with van der Waals surface area (Å²) in [4.78, 5) is 0. The molecule has 0 bridgehead atoms. The van der Waals surface area contributed by atoms with Crippen molar-refractivity contribution in [1.82, 2.24) is 0 Å². The highest BCUT2D eigenvalue weighted by Gasteiger charge is 2.73. The monoisotopic (exact) mass is 382 g/mol. The summed E-state index contributed by atoms with van der Waals surface area (Å²) in [6.07, 6.45) is 3.00. The van der Waals surface area contributed by atoms with Crippen molar-refractivity contribution >= 4 is 46.4 Å². The zero-order valence-electron chi connectivity index (χ0n) is 12.3. The van der Waals surface area contributed by atoms with Crippen LogP contribution in [0.25, 0.3) is 0 Å². The third kappa shape index (κ3) is 2.99. The van der Waals surface area contributed by atoms with E-state index in [1.54, 1.807) is 6.07 Å². The Morgan fingerprint density at radius 3 is 2.45 bits per heavy atom. The van der Waals surface area contributed by atoms with E-state index in [0.29, 0.717) is 16.7 Å². The van der Waals surface area contributed by atoms with Crippen LogP contribution in [0.1, 0.15) is 31.7 Å². The molecule has 1 heterocycles. The molecule has 22 heavy (non-hydrogen) atoms. The fourth-order valence-corrected chi connectivity index (χ4v) is 4.64. The molecule has 0 radical (unpaired) electrons. The minimum Gasteiger partial charge on any atom is -0.353 e. The lowest BCUT2D eigenvalue weighted by Gasteiger charge is -2.23. The third-order valence-electron chi connectivity index (χ3n) is 4.79. The van der Waals surface area contributed by atoms with Crippen molar-refractivity contribution in [3.8, 4) is 0 Å². The molecule has 1 aliphatic heterocycles. The number of halogens is 4. The van der Waals surface area contributed by atoms with Crippen molar-refractivity contribution in [2.45, 2.75) is 42.2 Å². The van der Waals surface area contributed by atoms with Crippen molar-refractivity contribution < 1.29 is 9.47 Å². The lowest BCUT2D eigenvalue weighted by molar-refractivity contribution is -0.165. The van der Waals surface area contributed by atoms with Crippen LogP contribution in [0.2, 0.25) is 10.0 Å². The molecule has 1 saturated heterocycles. The lowest BCUT2D eigenvalue weighted by atomic mass is 9.95. The average molecular weight is 384 g/mol. The maximum absolute atomic E-state index is 6.53. The summed E-state index contributed by atoms with van der Waals surface area (Å²) in [5.74, 6) is -0.0246. The van der Waals surface area contributed by atoms with Gasteiger partial charge in [0, 0.05) is 28.0 Å². The van der Waals surface area contributed by atoms with Gasteiger partial charge in [-0.3, -0.25) is 0 Å². The molecule has 0 N–H and O–H groups in total. The second-order valence-corrected chi connectivity index (χ2v) is 8.42. The molecular formula is C16H18Cl4O2. The first-order chi connectivity index (χ1) is 10.4. The van der Waals surface area contributed by atoms with Gasteiger partial charge in [-0.1, -0.05) is 30.1 Å². The van der Waals surface area contributed by atoms with Crippen LogP contribution in [0.4, 0.5) is 0 Å². The quantitative estimate of drug-likeness (QED) is 0.630. The second-order valence-electron chi connectivity index (χ2n) is 6.17. The molecule has 3 atom stereocenters. The van der Waals surface area contributed by atoms with Gasteiger partial charge in [-0.2, -0.15) is 0 Å². The fraction of sp³-hybridized carbons (Fsp3) is 0.625. The summed E-state index contributed by atoms with van der Waals surface area (Å²) in [7, 11) is 0. The lowest BCUT2D eigenvalue weighted by Crippen LogP contribution is -2.24. The largest absolute Gasteiger partial charge is 0.353 e. The van der Waals surface area contributed by atoms with Gasteiger partial charge in [0.2, 0.25) is 0 Å². The summed E-state index contributed by atoms with van der Waals surface area (Å²) >= 11 is 25.3. The van der Waals surface area contributed by atoms with E-state index in [1.165, 1.54) is 0 Å². The minimum atomic E-state index is -0.893. The van der Waals surface area contributed by atoms with Crippen LogP contribution in [0, 0.1) is 5.92 Å². The molecule has 3 rings (SSSR count). The Kier molecular flexibility index (Phi) is 4.91. The van der Waals surface area contributed by atoms with Gasteiger partial charge < -0.3 is 9.47 Å². The number of rotatable bonds is 4. The standard InChI is InChI=1S/C16H18Cl4O2/c1-15(10-6-11(17)8-12(18)7-10)13(16(15,19)20)9-22-14-4-2-3-5-21-14/h6-8,13-14H,2-5,9H2,1H3/t13?,14?,15-/m0/s1. The SMILES string of the molecule is C[C@]1(c2cc(Cl)cc(Cl)c2)C(COC2CCCCO2)C1(Cl)Cl. The Labute approximate surface area is 151 Å². The van der Waals surface area contributed by atoms with Crippen molar-refractivity contribution in [2.75, 3.05) is 13.2 Å². The van der Waals surface area contributed by atoms with E-state index in [9.17, 15) is 0 Å². The molecule has 2 aliphatic rings. The average Bonchev–Trinajstić information content (AvgIpc) is 2.91. The van der Waals surface area contributed by atoms with Crippen LogP contribution >= 0.6 is 46.4 Å². The smallest absolute Gasteiger partial charge is 0.157 e. The molecule has 1 saturated carbocycles. The summed E-state index contributed by atoms with van der Waals surface area (Å²) in [6, 6.07) is 5.43. The Morgan fingerprint density at radius 1 is 1.18 bits per heavy atom. The van der Waals surface area contributed by atoms with Crippen molar-refractivity contribution in [3.63, 3.8) is 0 Å². The van der Waals surface area contributed by atoms with E-state index in [1.807, 2.05) is 19.1 Å². The minimum absolute atomic E-state index is 0.0246. The molecule has 122 valence electrons. The summed E-state index contributed by atoms with van der Waals surface area (Å²) in [5, 5.41) is 1.16. The molecule has 0 amide bonds. The van der Waals surface area contributed by atoms with Gasteiger partial charge in [-0.05, 0) is 43.0 Å². The van der Waals surface area contributed by atoms with Crippen molar-refractivity contribution in [2.24, 2.45) is 5.92 Å². The van der Waals surface area contributed by atoms with E-state index in [-0.39, 0.29) is 12.2 Å². The van der Waals surface area contributed by atoms with Gasteiger partial charge in [-0.15, -0.1) is 23.2 Å². The highest BCUT2D eigenvalue weighted by atomic mass is 35.5. The molecule has 2 nitrogen and oxygen atoms in total. The van der Waals surface area contributed by atoms with Gasteiger partial charge in [0.25, 0.3) is 0 Å². The molecule has 2 unspecified atom stereocenters. The number of benzene rings is 1. The molecular weight excluding hydrogens is 366 g/mol. The van der Waals surface area contributed by atoms with Crippen LogP contribution in [0.5, 0.6) is 0 Å². The van der Waals surface area contributed by atoms with Gasteiger partial charge >= 0.3 is 0 Å². The Hall–Kier alpha value is 0.300. The van der Waals surface area contributed by atoms with Crippen LogP contribution in [-0.2, 0) is 14.9 Å². The topological polar surface area (TPSA) is 18.5 Å². The normalized spacial score (nSPS) is 33.7. The maximum atomic E-state index is 6.53. The maximum Gasteiger partial charge on any atom is 0.157 e. The predicted molar refractivity (Wildman–Crippen MR) is 91.3 cm³/mol. The summed E-state index contributed by atoms with van der Waals surface area (Å²) in [5.41, 5.74) is 0.507. The van der Waals surface area contributed by atoms with E-state index in [4.69, 9.17) is 55.9 Å². The van der Waals surface area contributed by atoms with Crippen LogP contribution in [0.15, 0.2) is 18.2 Å². The van der Waals surface area contributed by atoms with E-state index in [2.05, 4.69) is 0 Å². The summed E-state index contributed by atoms with van der Waals surface area (Å²) < 4.78 is 10.6. The number of ether oxygens (including phenoxy) is 2. The number of hydrogen-bond acceptors (Lipinski definition) is 2. The molecule has 1 aromatic carbocycles. The van der Waals surface area contributed by atoms with Crippen LogP contribution in [-0.4, -0.2) is 23.8 Å². The predicted octanol–water partition coefficient (Wildman–Crippen LogP) is 5.60. The van der Waals surface area contributed by atoms with Crippen molar-refractivity contribution in [3.05, 3.63) is 33.8 Å². The van der Waals surface area contributed by atoms with Gasteiger partial charge in [0.15, 0.2) is 6.29 Å². The van der Waals surface area contributed by atoms with E-state index >= 15 is 0 Å². The molecule has 0 aromatic heterocycles. The van der Waals surface area contributed by atoms with Crippen molar-refractivity contribution in [1.29, 1.82) is 0 Å². The van der Waals surface area contributed by atoms with Gasteiger partial charge in [0.1, 0.15) is 4.33 Å².